The Kier molecular flexibility index (Phi) is 4.55. The Labute approximate surface area is 147 Å². The van der Waals surface area contributed by atoms with Crippen molar-refractivity contribution < 1.29 is 14.3 Å². The first-order chi connectivity index (χ1) is 12.2. The van der Waals surface area contributed by atoms with Crippen molar-refractivity contribution >= 4 is 5.91 Å². The summed E-state index contributed by atoms with van der Waals surface area (Å²) in [6.45, 7) is 1.68. The van der Waals surface area contributed by atoms with Crippen LogP contribution < -0.4 is 0 Å². The molecule has 0 aromatic carbocycles. The number of nitrogens with zero attached hydrogens (tertiary/aromatic N) is 3. The number of aryl methyl sites for hydroxylation is 1. The second kappa shape index (κ2) is 6.98. The summed E-state index contributed by atoms with van der Waals surface area (Å²) < 4.78 is 14.1. The van der Waals surface area contributed by atoms with Crippen LogP contribution in [-0.2, 0) is 23.1 Å². The zero-order valence-electron chi connectivity index (χ0n) is 14.4. The zero-order chi connectivity index (χ0) is 17.2. The minimum atomic E-state index is -0.0834. The third-order valence-corrected chi connectivity index (χ3v) is 5.17. The van der Waals surface area contributed by atoms with Crippen molar-refractivity contribution in [2.75, 3.05) is 13.2 Å². The molecule has 2 aliphatic rings. The summed E-state index contributed by atoms with van der Waals surface area (Å²) in [6.07, 6.45) is 7.27. The molecule has 3 atom stereocenters. The van der Waals surface area contributed by atoms with E-state index in [9.17, 15) is 4.79 Å². The Morgan fingerprint density at radius 2 is 2.16 bits per heavy atom. The number of pyridine rings is 1. The lowest BCUT2D eigenvalue weighted by Crippen LogP contribution is -2.46. The van der Waals surface area contributed by atoms with Gasteiger partial charge in [-0.2, -0.15) is 0 Å². The van der Waals surface area contributed by atoms with Gasteiger partial charge in [0.1, 0.15) is 11.8 Å². The number of hydrogen-bond acceptors (Lipinski definition) is 4. The fraction of sp³-hybridized carbons (Fsp3) is 0.474. The molecule has 0 radical (unpaired) electrons. The second-order valence-corrected chi connectivity index (χ2v) is 6.69. The molecule has 6 nitrogen and oxygen atoms in total. The van der Waals surface area contributed by atoms with Crippen molar-refractivity contribution in [3.05, 3.63) is 54.1 Å². The second-order valence-electron chi connectivity index (χ2n) is 6.69. The Balaban J connectivity index is 1.52. The van der Waals surface area contributed by atoms with E-state index in [2.05, 4.69) is 4.98 Å². The van der Waals surface area contributed by atoms with Crippen molar-refractivity contribution in [2.45, 2.75) is 37.7 Å². The van der Waals surface area contributed by atoms with Crippen LogP contribution in [-0.4, -0.2) is 51.8 Å². The van der Waals surface area contributed by atoms with E-state index in [1.54, 1.807) is 12.4 Å². The van der Waals surface area contributed by atoms with E-state index in [1.165, 1.54) is 0 Å². The van der Waals surface area contributed by atoms with Crippen molar-refractivity contribution in [3.63, 3.8) is 0 Å². The molecule has 1 saturated heterocycles. The molecule has 2 aromatic heterocycles. The third-order valence-electron chi connectivity index (χ3n) is 5.17. The molecule has 1 aliphatic heterocycles. The number of hydrogen-bond donors (Lipinski definition) is 0. The highest BCUT2D eigenvalue weighted by Gasteiger charge is 2.45. The van der Waals surface area contributed by atoms with Gasteiger partial charge in [0.25, 0.3) is 5.91 Å². The van der Waals surface area contributed by atoms with Gasteiger partial charge < -0.3 is 18.9 Å². The van der Waals surface area contributed by atoms with Gasteiger partial charge in [0, 0.05) is 32.2 Å². The lowest BCUT2D eigenvalue weighted by molar-refractivity contribution is -0.0598. The molecule has 2 fully saturated rings. The van der Waals surface area contributed by atoms with Crippen LogP contribution in [0.1, 0.15) is 28.9 Å². The maximum Gasteiger partial charge on any atom is 0.270 e. The molecule has 3 unspecified atom stereocenters. The van der Waals surface area contributed by atoms with Crippen LogP contribution in [0.2, 0.25) is 0 Å². The van der Waals surface area contributed by atoms with Crippen LogP contribution in [0, 0.1) is 0 Å². The summed E-state index contributed by atoms with van der Waals surface area (Å²) in [5, 5.41) is 0. The van der Waals surface area contributed by atoms with Gasteiger partial charge in [0.2, 0.25) is 0 Å². The van der Waals surface area contributed by atoms with Crippen LogP contribution >= 0.6 is 0 Å². The molecular formula is C19H23N3O3. The number of rotatable bonds is 4. The van der Waals surface area contributed by atoms with Gasteiger partial charge in [-0.15, -0.1) is 0 Å². The van der Waals surface area contributed by atoms with Crippen molar-refractivity contribution in [3.8, 4) is 0 Å². The SMILES string of the molecule is Cn1cccc1C(=O)N1CCOC2CCC1C2OCc1ccncc1. The first-order valence-corrected chi connectivity index (χ1v) is 8.78. The van der Waals surface area contributed by atoms with E-state index in [-0.39, 0.29) is 24.2 Å². The Hall–Kier alpha value is -2.18. The minimum absolute atomic E-state index is 0.0566. The normalized spacial score (nSPS) is 25.8. The molecule has 3 heterocycles. The quantitative estimate of drug-likeness (QED) is 0.854. The molecule has 0 spiro atoms. The molecule has 2 bridgehead atoms. The summed E-state index contributed by atoms with van der Waals surface area (Å²) >= 11 is 0. The van der Waals surface area contributed by atoms with E-state index >= 15 is 0 Å². The van der Waals surface area contributed by atoms with Gasteiger partial charge >= 0.3 is 0 Å². The van der Waals surface area contributed by atoms with Crippen LogP contribution in [0.3, 0.4) is 0 Å². The predicted molar refractivity (Wildman–Crippen MR) is 92.0 cm³/mol. The fourth-order valence-corrected chi connectivity index (χ4v) is 3.86. The topological polar surface area (TPSA) is 56.6 Å². The lowest BCUT2D eigenvalue weighted by atomic mass is 10.1. The average Bonchev–Trinajstić information content (AvgIpc) is 3.17. The fourth-order valence-electron chi connectivity index (χ4n) is 3.86. The highest BCUT2D eigenvalue weighted by molar-refractivity contribution is 5.93. The average molecular weight is 341 g/mol. The summed E-state index contributed by atoms with van der Waals surface area (Å²) in [7, 11) is 1.90. The van der Waals surface area contributed by atoms with Crippen LogP contribution in [0.25, 0.3) is 0 Å². The largest absolute Gasteiger partial charge is 0.374 e. The number of aromatic nitrogens is 2. The van der Waals surface area contributed by atoms with E-state index in [0.29, 0.717) is 25.5 Å². The molecule has 0 N–H and O–H groups in total. The number of fused-ring (bicyclic) bond motifs is 2. The Bertz CT molecular complexity index is 731. The van der Waals surface area contributed by atoms with E-state index in [1.807, 2.05) is 47.0 Å². The summed E-state index contributed by atoms with van der Waals surface area (Å²) in [6, 6.07) is 7.74. The maximum atomic E-state index is 13.0. The number of carbonyl (C=O) groups excluding carboxylic acids is 1. The van der Waals surface area contributed by atoms with Crippen molar-refractivity contribution in [2.24, 2.45) is 7.05 Å². The first kappa shape index (κ1) is 16.3. The standard InChI is InChI=1S/C19H23N3O3/c1-21-10-2-3-16(21)19(23)22-11-12-24-17-5-4-15(22)18(17)25-13-14-6-8-20-9-7-14/h2-3,6-10,15,17-18H,4-5,11-13H2,1H3. The van der Waals surface area contributed by atoms with Crippen LogP contribution in [0.15, 0.2) is 42.9 Å². The molecule has 1 amide bonds. The summed E-state index contributed by atoms with van der Waals surface area (Å²) in [5.41, 5.74) is 1.79. The summed E-state index contributed by atoms with van der Waals surface area (Å²) in [4.78, 5) is 19.0. The zero-order valence-corrected chi connectivity index (χ0v) is 14.4. The number of carbonyl (C=O) groups is 1. The van der Waals surface area contributed by atoms with Gasteiger partial charge in [-0.25, -0.2) is 0 Å². The van der Waals surface area contributed by atoms with Gasteiger partial charge in [0.05, 0.1) is 25.4 Å². The van der Waals surface area contributed by atoms with Crippen LogP contribution in [0.4, 0.5) is 0 Å². The highest BCUT2D eigenvalue weighted by Crippen LogP contribution is 2.33. The van der Waals surface area contributed by atoms with Gasteiger partial charge in [0.15, 0.2) is 0 Å². The van der Waals surface area contributed by atoms with E-state index in [4.69, 9.17) is 9.47 Å². The predicted octanol–water partition coefficient (Wildman–Crippen LogP) is 2.01. The Morgan fingerprint density at radius 3 is 2.92 bits per heavy atom. The molecule has 25 heavy (non-hydrogen) atoms. The van der Waals surface area contributed by atoms with Gasteiger partial charge in [-0.1, -0.05) is 0 Å². The first-order valence-electron chi connectivity index (χ1n) is 8.78. The number of ether oxygens (including phenoxy) is 2. The summed E-state index contributed by atoms with van der Waals surface area (Å²) in [5.74, 6) is 0.0566. The number of amides is 1. The van der Waals surface area contributed by atoms with E-state index < -0.39 is 0 Å². The van der Waals surface area contributed by atoms with Crippen molar-refractivity contribution in [1.29, 1.82) is 0 Å². The lowest BCUT2D eigenvalue weighted by Gasteiger charge is -2.31. The molecule has 132 valence electrons. The molecule has 4 rings (SSSR count). The smallest absolute Gasteiger partial charge is 0.270 e. The maximum absolute atomic E-state index is 13.0. The Morgan fingerprint density at radius 1 is 1.32 bits per heavy atom. The molecule has 1 saturated carbocycles. The minimum Gasteiger partial charge on any atom is -0.374 e. The molecular weight excluding hydrogens is 318 g/mol. The van der Waals surface area contributed by atoms with Gasteiger partial charge in [-0.3, -0.25) is 9.78 Å². The third kappa shape index (κ3) is 3.19. The van der Waals surface area contributed by atoms with Crippen LogP contribution in [0.5, 0.6) is 0 Å². The monoisotopic (exact) mass is 341 g/mol. The highest BCUT2D eigenvalue weighted by atomic mass is 16.5. The van der Waals surface area contributed by atoms with Gasteiger partial charge in [-0.05, 0) is 42.7 Å². The van der Waals surface area contributed by atoms with Crippen molar-refractivity contribution in [1.82, 2.24) is 14.5 Å². The molecule has 2 aromatic rings. The van der Waals surface area contributed by atoms with E-state index in [0.717, 1.165) is 18.4 Å². The molecule has 1 aliphatic carbocycles. The molecule has 6 heteroatoms.